The van der Waals surface area contributed by atoms with E-state index >= 15 is 0 Å². The summed E-state index contributed by atoms with van der Waals surface area (Å²) in [5, 5.41) is 2.18. The Kier molecular flexibility index (Phi) is 4.40. The van der Waals surface area contributed by atoms with E-state index in [0.29, 0.717) is 0 Å². The third kappa shape index (κ3) is 2.88. The molecular weight excluding hydrogens is 332 g/mol. The molecule has 2 fully saturated rings. The molecule has 0 amide bonds. The SMILES string of the molecule is CC1CC1C1C(C)C1CC(C)(C)[Si](O)(c1ccccc1)c1ccccc1. The van der Waals surface area contributed by atoms with E-state index in [9.17, 15) is 4.80 Å². The molecule has 2 aliphatic rings. The molecular formula is C24H32OSi. The van der Waals surface area contributed by atoms with Gasteiger partial charge in [0.15, 0.2) is 0 Å². The first-order valence-corrected chi connectivity index (χ1v) is 12.1. The highest BCUT2D eigenvalue weighted by atomic mass is 28.4. The Morgan fingerprint density at radius 3 is 1.81 bits per heavy atom. The van der Waals surface area contributed by atoms with Crippen LogP contribution in [-0.2, 0) is 0 Å². The van der Waals surface area contributed by atoms with Crippen LogP contribution in [0.4, 0.5) is 0 Å². The molecule has 4 rings (SSSR count). The summed E-state index contributed by atoms with van der Waals surface area (Å²) in [6.07, 6.45) is 2.56. The fraction of sp³-hybridized carbons (Fsp3) is 0.500. The summed E-state index contributed by atoms with van der Waals surface area (Å²) in [7, 11) is -2.84. The van der Waals surface area contributed by atoms with Crippen molar-refractivity contribution in [2.24, 2.45) is 29.6 Å². The van der Waals surface area contributed by atoms with Crippen LogP contribution in [0.1, 0.15) is 40.5 Å². The van der Waals surface area contributed by atoms with Gasteiger partial charge in [0.05, 0.1) is 0 Å². The zero-order valence-electron chi connectivity index (χ0n) is 16.5. The maximum atomic E-state index is 12.3. The quantitative estimate of drug-likeness (QED) is 0.751. The molecule has 2 saturated carbocycles. The Hall–Kier alpha value is -1.38. The minimum atomic E-state index is -2.84. The fourth-order valence-corrected chi connectivity index (χ4v) is 9.32. The van der Waals surface area contributed by atoms with Crippen LogP contribution in [-0.4, -0.2) is 13.1 Å². The van der Waals surface area contributed by atoms with Crippen LogP contribution in [0.2, 0.25) is 5.04 Å². The van der Waals surface area contributed by atoms with E-state index in [1.54, 1.807) is 0 Å². The molecule has 2 aliphatic carbocycles. The van der Waals surface area contributed by atoms with Crippen molar-refractivity contribution in [1.82, 2.24) is 0 Å². The molecule has 26 heavy (non-hydrogen) atoms. The first-order chi connectivity index (χ1) is 12.4. The van der Waals surface area contributed by atoms with Gasteiger partial charge in [0.25, 0.3) is 8.32 Å². The minimum Gasteiger partial charge on any atom is -0.424 e. The van der Waals surface area contributed by atoms with E-state index in [4.69, 9.17) is 0 Å². The summed E-state index contributed by atoms with van der Waals surface area (Å²) >= 11 is 0. The van der Waals surface area contributed by atoms with Crippen LogP contribution >= 0.6 is 0 Å². The van der Waals surface area contributed by atoms with Crippen LogP contribution in [0.5, 0.6) is 0 Å². The Labute approximate surface area is 159 Å². The largest absolute Gasteiger partial charge is 0.424 e. The predicted octanol–water partition coefficient (Wildman–Crippen LogP) is 4.45. The van der Waals surface area contributed by atoms with Crippen molar-refractivity contribution in [3.63, 3.8) is 0 Å². The summed E-state index contributed by atoms with van der Waals surface area (Å²) in [6.45, 7) is 9.47. The third-order valence-electron chi connectivity index (χ3n) is 7.41. The minimum absolute atomic E-state index is 0.0957. The summed E-state index contributed by atoms with van der Waals surface area (Å²) in [6, 6.07) is 20.9. The number of benzene rings is 2. The van der Waals surface area contributed by atoms with Crippen LogP contribution in [0.3, 0.4) is 0 Å². The highest BCUT2D eigenvalue weighted by molar-refractivity contribution is 6.98. The second-order valence-electron chi connectivity index (χ2n) is 9.51. The predicted molar refractivity (Wildman–Crippen MR) is 112 cm³/mol. The highest BCUT2D eigenvalue weighted by Crippen LogP contribution is 2.65. The van der Waals surface area contributed by atoms with Gasteiger partial charge in [0, 0.05) is 0 Å². The molecule has 0 saturated heterocycles. The molecule has 0 bridgehead atoms. The normalized spacial score (nSPS) is 30.9. The van der Waals surface area contributed by atoms with Gasteiger partial charge < -0.3 is 4.80 Å². The van der Waals surface area contributed by atoms with E-state index in [1.165, 1.54) is 6.42 Å². The Morgan fingerprint density at radius 2 is 1.38 bits per heavy atom. The molecule has 0 heterocycles. The Morgan fingerprint density at radius 1 is 0.923 bits per heavy atom. The lowest BCUT2D eigenvalue weighted by molar-refractivity contribution is 0.429. The lowest BCUT2D eigenvalue weighted by atomic mass is 10.0. The van der Waals surface area contributed by atoms with Crippen molar-refractivity contribution < 1.29 is 4.80 Å². The van der Waals surface area contributed by atoms with Crippen LogP contribution in [0.15, 0.2) is 60.7 Å². The standard InChI is InChI=1S/C24H32OSi/c1-17-15-21(17)23-18(2)22(23)16-24(3,4)26(25,19-11-7-5-8-12-19)20-13-9-6-10-14-20/h5-14,17-18,21-23,25H,15-16H2,1-4H3. The number of hydrogen-bond donors (Lipinski definition) is 1. The first-order valence-electron chi connectivity index (χ1n) is 10.2. The topological polar surface area (TPSA) is 20.2 Å². The van der Waals surface area contributed by atoms with Crippen molar-refractivity contribution in [3.8, 4) is 0 Å². The maximum absolute atomic E-state index is 12.3. The molecule has 0 radical (unpaired) electrons. The van der Waals surface area contributed by atoms with Gasteiger partial charge in [0.2, 0.25) is 0 Å². The molecule has 2 aromatic carbocycles. The van der Waals surface area contributed by atoms with Crippen LogP contribution in [0.25, 0.3) is 0 Å². The Balaban J connectivity index is 1.67. The third-order valence-corrected chi connectivity index (χ3v) is 11.9. The van der Waals surface area contributed by atoms with E-state index in [1.807, 2.05) is 12.1 Å². The second-order valence-corrected chi connectivity index (χ2v) is 13.4. The average molecular weight is 365 g/mol. The molecule has 2 heteroatoms. The summed E-state index contributed by atoms with van der Waals surface area (Å²) < 4.78 is 0. The maximum Gasteiger partial charge on any atom is 0.258 e. The zero-order valence-corrected chi connectivity index (χ0v) is 17.5. The molecule has 5 atom stereocenters. The first kappa shape index (κ1) is 18.0. The van der Waals surface area contributed by atoms with Gasteiger partial charge >= 0.3 is 0 Å². The monoisotopic (exact) mass is 364 g/mol. The van der Waals surface area contributed by atoms with Gasteiger partial charge in [-0.2, -0.15) is 0 Å². The van der Waals surface area contributed by atoms with Gasteiger partial charge in [-0.15, -0.1) is 0 Å². The van der Waals surface area contributed by atoms with Crippen LogP contribution < -0.4 is 10.4 Å². The highest BCUT2D eigenvalue weighted by Gasteiger charge is 2.61. The lowest BCUT2D eigenvalue weighted by Crippen LogP contribution is -2.65. The molecule has 0 aliphatic heterocycles. The van der Waals surface area contributed by atoms with Crippen molar-refractivity contribution in [1.29, 1.82) is 0 Å². The lowest BCUT2D eigenvalue weighted by Gasteiger charge is -2.41. The van der Waals surface area contributed by atoms with Crippen molar-refractivity contribution in [2.45, 2.75) is 45.6 Å². The van der Waals surface area contributed by atoms with Crippen LogP contribution in [0, 0.1) is 29.6 Å². The van der Waals surface area contributed by atoms with Crippen molar-refractivity contribution in [3.05, 3.63) is 60.7 Å². The molecule has 0 aromatic heterocycles. The van der Waals surface area contributed by atoms with E-state index in [0.717, 1.165) is 46.4 Å². The van der Waals surface area contributed by atoms with Gasteiger partial charge in [-0.3, -0.25) is 0 Å². The van der Waals surface area contributed by atoms with Crippen molar-refractivity contribution >= 4 is 18.7 Å². The number of rotatable bonds is 6. The van der Waals surface area contributed by atoms with E-state index < -0.39 is 8.32 Å². The molecule has 1 N–H and O–H groups in total. The van der Waals surface area contributed by atoms with Gasteiger partial charge in [-0.25, -0.2) is 0 Å². The summed E-state index contributed by atoms with van der Waals surface area (Å²) in [5.41, 5.74) is 0. The molecule has 0 spiro atoms. The summed E-state index contributed by atoms with van der Waals surface area (Å²) in [4.78, 5) is 12.3. The smallest absolute Gasteiger partial charge is 0.258 e. The molecule has 5 unspecified atom stereocenters. The fourth-order valence-electron chi connectivity index (χ4n) is 5.54. The van der Waals surface area contributed by atoms with E-state index in [2.05, 4.69) is 76.2 Å². The molecule has 138 valence electrons. The zero-order chi connectivity index (χ0) is 18.5. The Bertz CT molecular complexity index is 715. The number of hydrogen-bond acceptors (Lipinski definition) is 1. The molecule has 1 nitrogen and oxygen atoms in total. The molecule has 2 aromatic rings. The summed E-state index contributed by atoms with van der Waals surface area (Å²) in [5.74, 6) is 4.39. The van der Waals surface area contributed by atoms with Gasteiger partial charge in [0.1, 0.15) is 0 Å². The van der Waals surface area contributed by atoms with Gasteiger partial charge in [-0.05, 0) is 57.8 Å². The van der Waals surface area contributed by atoms with Gasteiger partial charge in [-0.1, -0.05) is 88.4 Å². The van der Waals surface area contributed by atoms with Crippen molar-refractivity contribution in [2.75, 3.05) is 0 Å². The van der Waals surface area contributed by atoms with E-state index in [-0.39, 0.29) is 5.04 Å². The second kappa shape index (κ2) is 6.35. The average Bonchev–Trinajstić information content (AvgIpc) is 3.53.